The summed E-state index contributed by atoms with van der Waals surface area (Å²) in [6.07, 6.45) is -1.42. The standard InChI is InChI=1S/C56H56N2OSi/c1-36(2)48-32-42(40-24-29-44(30-25-40)60(8,9)43-27-22-38(23-28-43)35-56(5,6)7)33-49(37(3)4)53(48)58-51-21-14-13-20-50(51)57-55(58)47-19-15-18-46-45-31-26-41(34-52(45)59-54(46)47)39-16-11-10-12-17-39/h10-34,36-37H,35H2,1-9H3/i35D2. The third-order valence-electron chi connectivity index (χ3n) is 12.1. The SMILES string of the molecule is [2H]C([2H])(c1ccc([Si](C)(C)c2ccc(-c3cc(C(C)C)c(-n4c(-c5cccc6c5oc5cc(-c7ccccc7)ccc56)nc5ccccc54)c(C(C)C)c3)cc2)cc1)C(C)(C)C. The third-order valence-corrected chi connectivity index (χ3v) is 15.7. The molecule has 7 aromatic carbocycles. The molecule has 0 spiro atoms. The molecule has 9 aromatic rings. The first-order valence-electron chi connectivity index (χ1n) is 22.4. The average molecular weight is 803 g/mol. The predicted molar refractivity (Wildman–Crippen MR) is 259 cm³/mol. The molecule has 0 fully saturated rings. The van der Waals surface area contributed by atoms with E-state index in [0.29, 0.717) is 0 Å². The van der Waals surface area contributed by atoms with Crippen LogP contribution in [-0.2, 0) is 6.37 Å². The summed E-state index contributed by atoms with van der Waals surface area (Å²) in [4.78, 5) is 5.40. The third kappa shape index (κ3) is 7.21. The molecule has 0 saturated heterocycles. The van der Waals surface area contributed by atoms with Crippen LogP contribution in [0.2, 0.25) is 13.1 Å². The molecule has 0 aliphatic carbocycles. The van der Waals surface area contributed by atoms with E-state index in [9.17, 15) is 0 Å². The summed E-state index contributed by atoms with van der Waals surface area (Å²) in [6.45, 7) is 19.9. The van der Waals surface area contributed by atoms with Gasteiger partial charge in [0.25, 0.3) is 0 Å². The zero-order valence-corrected chi connectivity index (χ0v) is 37.4. The van der Waals surface area contributed by atoms with Crippen LogP contribution >= 0.6 is 0 Å². The van der Waals surface area contributed by atoms with Crippen LogP contribution in [-0.4, -0.2) is 17.6 Å². The Hall–Kier alpha value is -5.97. The van der Waals surface area contributed by atoms with Crippen LogP contribution in [0.4, 0.5) is 0 Å². The van der Waals surface area contributed by atoms with Gasteiger partial charge >= 0.3 is 0 Å². The van der Waals surface area contributed by atoms with E-state index in [2.05, 4.69) is 179 Å². The van der Waals surface area contributed by atoms with Crippen molar-refractivity contribution in [3.05, 3.63) is 168 Å². The Balaban J connectivity index is 1.15. The van der Waals surface area contributed by atoms with E-state index in [1.165, 1.54) is 38.3 Å². The first-order valence-corrected chi connectivity index (χ1v) is 24.4. The normalized spacial score (nSPS) is 13.2. The summed E-state index contributed by atoms with van der Waals surface area (Å²) in [7, 11) is -2.06. The summed E-state index contributed by atoms with van der Waals surface area (Å²) in [5.41, 5.74) is 13.3. The van der Waals surface area contributed by atoms with Gasteiger partial charge in [0.2, 0.25) is 0 Å². The van der Waals surface area contributed by atoms with Crippen LogP contribution in [0.5, 0.6) is 0 Å². The van der Waals surface area contributed by atoms with Crippen LogP contribution in [0.15, 0.2) is 156 Å². The number of aromatic nitrogens is 2. The number of imidazole rings is 1. The number of furan rings is 1. The molecule has 2 aromatic heterocycles. The van der Waals surface area contributed by atoms with Crippen molar-refractivity contribution < 1.29 is 7.16 Å². The summed E-state index contributed by atoms with van der Waals surface area (Å²) >= 11 is 0. The average Bonchev–Trinajstić information content (AvgIpc) is 3.84. The van der Waals surface area contributed by atoms with E-state index in [1.807, 2.05) is 39.0 Å². The summed E-state index contributed by atoms with van der Waals surface area (Å²) in [5, 5.41) is 4.82. The van der Waals surface area contributed by atoms with Crippen molar-refractivity contribution in [2.45, 2.75) is 79.8 Å². The molecule has 0 bridgehead atoms. The Labute approximate surface area is 359 Å². The lowest BCUT2D eigenvalue weighted by Crippen LogP contribution is -2.52. The number of fused-ring (bicyclic) bond motifs is 4. The van der Waals surface area contributed by atoms with Gasteiger partial charge in [0.1, 0.15) is 25.1 Å². The van der Waals surface area contributed by atoms with E-state index in [-0.39, 0.29) is 11.8 Å². The van der Waals surface area contributed by atoms with Crippen molar-refractivity contribution in [3.63, 3.8) is 0 Å². The number of hydrogen-bond acceptors (Lipinski definition) is 2. The number of nitrogens with zero attached hydrogens (tertiary/aromatic N) is 2. The van der Waals surface area contributed by atoms with Gasteiger partial charge in [0.15, 0.2) is 0 Å². The van der Waals surface area contributed by atoms with E-state index in [1.54, 1.807) is 0 Å². The molecule has 0 aliphatic heterocycles. The monoisotopic (exact) mass is 802 g/mol. The first kappa shape index (κ1) is 37.1. The smallest absolute Gasteiger partial charge is 0.149 e. The molecule has 2 heterocycles. The fourth-order valence-corrected chi connectivity index (χ4v) is 11.2. The van der Waals surface area contributed by atoms with Crippen molar-refractivity contribution in [1.29, 1.82) is 0 Å². The van der Waals surface area contributed by atoms with Gasteiger partial charge in [-0.1, -0.05) is 181 Å². The van der Waals surface area contributed by atoms with Crippen molar-refractivity contribution in [1.82, 2.24) is 9.55 Å². The topological polar surface area (TPSA) is 31.0 Å². The minimum Gasteiger partial charge on any atom is -0.455 e. The highest BCUT2D eigenvalue weighted by Crippen LogP contribution is 2.43. The zero-order valence-electron chi connectivity index (χ0n) is 38.4. The second-order valence-electron chi connectivity index (χ2n) is 18.6. The quantitative estimate of drug-likeness (QED) is 0.136. The Kier molecular flexibility index (Phi) is 9.42. The molecule has 0 radical (unpaired) electrons. The molecule has 0 unspecified atom stereocenters. The molecule has 0 saturated carbocycles. The van der Waals surface area contributed by atoms with Crippen LogP contribution < -0.4 is 10.4 Å². The molecule has 60 heavy (non-hydrogen) atoms. The number of rotatable bonds is 9. The number of hydrogen-bond donors (Lipinski definition) is 0. The maximum absolute atomic E-state index is 8.78. The predicted octanol–water partition coefficient (Wildman–Crippen LogP) is 14.6. The maximum Gasteiger partial charge on any atom is 0.149 e. The van der Waals surface area contributed by atoms with E-state index < -0.39 is 19.9 Å². The minimum absolute atomic E-state index is 0.230. The van der Waals surface area contributed by atoms with Crippen molar-refractivity contribution in [2.75, 3.05) is 0 Å². The molecule has 300 valence electrons. The fourth-order valence-electron chi connectivity index (χ4n) is 8.85. The van der Waals surface area contributed by atoms with Gasteiger partial charge in [-0.3, -0.25) is 4.57 Å². The molecular formula is C56H56N2OSi. The molecule has 0 atom stereocenters. The largest absolute Gasteiger partial charge is 0.455 e. The lowest BCUT2D eigenvalue weighted by Gasteiger charge is -2.26. The van der Waals surface area contributed by atoms with Crippen LogP contribution in [0.1, 0.15) is 79.7 Å². The lowest BCUT2D eigenvalue weighted by molar-refractivity contribution is 0.411. The van der Waals surface area contributed by atoms with Gasteiger partial charge in [-0.05, 0) is 105 Å². The molecule has 0 N–H and O–H groups in total. The molecule has 3 nitrogen and oxygen atoms in total. The maximum atomic E-state index is 8.78. The zero-order chi connectivity index (χ0) is 43.7. The molecular weight excluding hydrogens is 745 g/mol. The Bertz CT molecular complexity index is 3070. The highest BCUT2D eigenvalue weighted by Gasteiger charge is 2.28. The van der Waals surface area contributed by atoms with Gasteiger partial charge < -0.3 is 4.42 Å². The molecule has 0 amide bonds. The Morgan fingerprint density at radius 3 is 1.87 bits per heavy atom. The summed E-state index contributed by atoms with van der Waals surface area (Å²) in [6, 6.07) is 54.3. The molecule has 4 heteroatoms. The van der Waals surface area contributed by atoms with Crippen molar-refractivity contribution in [2.24, 2.45) is 5.41 Å². The Morgan fingerprint density at radius 2 is 1.22 bits per heavy atom. The van der Waals surface area contributed by atoms with Gasteiger partial charge in [-0.2, -0.15) is 0 Å². The highest BCUT2D eigenvalue weighted by molar-refractivity contribution is 7.00. The van der Waals surface area contributed by atoms with Gasteiger partial charge in [-0.15, -0.1) is 0 Å². The van der Waals surface area contributed by atoms with Crippen LogP contribution in [0, 0.1) is 5.41 Å². The lowest BCUT2D eigenvalue weighted by atomic mass is 9.88. The number of para-hydroxylation sites is 3. The van der Waals surface area contributed by atoms with E-state index in [4.69, 9.17) is 12.1 Å². The van der Waals surface area contributed by atoms with Gasteiger partial charge in [0.05, 0.1) is 22.3 Å². The molecule has 0 aliphatic rings. The van der Waals surface area contributed by atoms with Crippen LogP contribution in [0.25, 0.3) is 72.3 Å². The van der Waals surface area contributed by atoms with Crippen LogP contribution in [0.3, 0.4) is 0 Å². The van der Waals surface area contributed by atoms with E-state index >= 15 is 0 Å². The second-order valence-corrected chi connectivity index (χ2v) is 23.0. The van der Waals surface area contributed by atoms with Crippen molar-refractivity contribution >= 4 is 51.4 Å². The molecule has 9 rings (SSSR count). The summed E-state index contributed by atoms with van der Waals surface area (Å²) < 4.78 is 26.8. The van der Waals surface area contributed by atoms with Gasteiger partial charge in [-0.25, -0.2) is 4.98 Å². The highest BCUT2D eigenvalue weighted by atomic mass is 28.3. The Morgan fingerprint density at radius 1 is 0.617 bits per heavy atom. The fraction of sp³-hybridized carbons (Fsp3) is 0.232. The second kappa shape index (κ2) is 15.2. The van der Waals surface area contributed by atoms with E-state index in [0.717, 1.165) is 61.1 Å². The summed E-state index contributed by atoms with van der Waals surface area (Å²) in [5.74, 6) is 1.33. The minimum atomic E-state index is -2.06. The number of benzene rings is 7. The van der Waals surface area contributed by atoms with Gasteiger partial charge in [0, 0.05) is 13.5 Å². The van der Waals surface area contributed by atoms with Crippen molar-refractivity contribution in [3.8, 4) is 39.3 Å². The first-order chi connectivity index (χ1) is 29.5.